The molecule has 1 aromatic heterocycles. The number of nitrogens with zero attached hydrogens (tertiary/aromatic N) is 3. The molecular formula is C17H27N3. The van der Waals surface area contributed by atoms with Crippen LogP contribution in [0.15, 0.2) is 18.2 Å². The Kier molecular flexibility index (Phi) is 4.08. The van der Waals surface area contributed by atoms with Crippen LogP contribution >= 0.6 is 0 Å². The lowest BCUT2D eigenvalue weighted by Gasteiger charge is -2.45. The Hall–Kier alpha value is -0.930. The lowest BCUT2D eigenvalue weighted by Crippen LogP contribution is -2.57. The number of aryl methyl sites for hydroxylation is 1. The van der Waals surface area contributed by atoms with Gasteiger partial charge in [0.1, 0.15) is 0 Å². The highest BCUT2D eigenvalue weighted by atomic mass is 15.3. The number of hydrogen-bond acceptors (Lipinski definition) is 3. The maximum absolute atomic E-state index is 4.69. The summed E-state index contributed by atoms with van der Waals surface area (Å²) < 4.78 is 0. The molecule has 0 spiro atoms. The molecule has 0 N–H and O–H groups in total. The van der Waals surface area contributed by atoms with Gasteiger partial charge < -0.3 is 0 Å². The molecule has 3 rings (SSSR count). The van der Waals surface area contributed by atoms with E-state index in [1.54, 1.807) is 0 Å². The van der Waals surface area contributed by atoms with Gasteiger partial charge in [0, 0.05) is 37.4 Å². The first-order chi connectivity index (χ1) is 9.63. The van der Waals surface area contributed by atoms with E-state index in [0.717, 1.165) is 18.3 Å². The van der Waals surface area contributed by atoms with Crippen LogP contribution in [0.1, 0.15) is 38.1 Å². The van der Waals surface area contributed by atoms with Crippen LogP contribution in [0.25, 0.3) is 0 Å². The minimum absolute atomic E-state index is 0.673. The molecule has 3 heteroatoms. The molecule has 0 amide bonds. The summed E-state index contributed by atoms with van der Waals surface area (Å²) in [5, 5.41) is 0. The van der Waals surface area contributed by atoms with E-state index in [0.29, 0.717) is 12.0 Å². The average Bonchev–Trinajstić information content (AvgIpc) is 2.84. The molecule has 2 atom stereocenters. The van der Waals surface area contributed by atoms with Gasteiger partial charge in [-0.2, -0.15) is 0 Å². The lowest BCUT2D eigenvalue weighted by molar-refractivity contribution is 0.0231. The summed E-state index contributed by atoms with van der Waals surface area (Å²) in [6, 6.07) is 7.85. The van der Waals surface area contributed by atoms with E-state index in [4.69, 9.17) is 4.98 Å². The summed E-state index contributed by atoms with van der Waals surface area (Å²) in [5.74, 6) is 0.710. The number of aromatic nitrogens is 1. The number of piperazine rings is 1. The molecular weight excluding hydrogens is 246 g/mol. The first-order valence-corrected chi connectivity index (χ1v) is 8.04. The molecule has 1 aromatic rings. The molecule has 2 fully saturated rings. The average molecular weight is 273 g/mol. The Balaban J connectivity index is 1.75. The van der Waals surface area contributed by atoms with E-state index < -0.39 is 0 Å². The van der Waals surface area contributed by atoms with Gasteiger partial charge in [-0.3, -0.25) is 14.8 Å². The normalized spacial score (nSPS) is 28.0. The van der Waals surface area contributed by atoms with Gasteiger partial charge >= 0.3 is 0 Å². The Labute approximate surface area is 123 Å². The summed E-state index contributed by atoms with van der Waals surface area (Å²) in [7, 11) is 0. The molecule has 3 heterocycles. The van der Waals surface area contributed by atoms with Crippen molar-refractivity contribution in [1.82, 2.24) is 14.8 Å². The number of rotatable bonds is 3. The van der Waals surface area contributed by atoms with Gasteiger partial charge in [-0.05, 0) is 44.4 Å². The summed E-state index contributed by atoms with van der Waals surface area (Å²) >= 11 is 0. The maximum atomic E-state index is 4.69. The van der Waals surface area contributed by atoms with Gasteiger partial charge in [0.25, 0.3) is 0 Å². The van der Waals surface area contributed by atoms with Crippen molar-refractivity contribution in [3.05, 3.63) is 29.6 Å². The zero-order valence-corrected chi connectivity index (χ0v) is 13.0. The second kappa shape index (κ2) is 5.82. The van der Waals surface area contributed by atoms with Gasteiger partial charge in [0.2, 0.25) is 0 Å². The molecule has 0 saturated carbocycles. The van der Waals surface area contributed by atoms with Crippen molar-refractivity contribution >= 4 is 0 Å². The van der Waals surface area contributed by atoms with Crippen LogP contribution in [0.3, 0.4) is 0 Å². The molecule has 0 bridgehead atoms. The van der Waals surface area contributed by atoms with Crippen LogP contribution in [0.2, 0.25) is 0 Å². The van der Waals surface area contributed by atoms with Crippen LogP contribution in [-0.2, 0) is 6.54 Å². The predicted molar refractivity (Wildman–Crippen MR) is 82.6 cm³/mol. The smallest absolute Gasteiger partial charge is 0.0547 e. The fraction of sp³-hybridized carbons (Fsp3) is 0.706. The Morgan fingerprint density at radius 3 is 2.90 bits per heavy atom. The molecule has 0 aliphatic carbocycles. The van der Waals surface area contributed by atoms with Crippen molar-refractivity contribution in [2.75, 3.05) is 19.6 Å². The third-order valence-electron chi connectivity index (χ3n) is 4.92. The molecule has 2 saturated heterocycles. The minimum atomic E-state index is 0.673. The highest BCUT2D eigenvalue weighted by molar-refractivity contribution is 5.10. The Bertz CT molecular complexity index is 457. The quantitative estimate of drug-likeness (QED) is 0.844. The molecule has 110 valence electrons. The molecule has 3 nitrogen and oxygen atoms in total. The van der Waals surface area contributed by atoms with Crippen molar-refractivity contribution < 1.29 is 0 Å². The summed E-state index contributed by atoms with van der Waals surface area (Å²) in [6.07, 6.45) is 2.76. The molecule has 2 aliphatic rings. The van der Waals surface area contributed by atoms with Crippen molar-refractivity contribution in [2.45, 2.75) is 52.2 Å². The first kappa shape index (κ1) is 14.0. The van der Waals surface area contributed by atoms with Gasteiger partial charge in [-0.15, -0.1) is 0 Å². The third-order valence-corrected chi connectivity index (χ3v) is 4.92. The summed E-state index contributed by atoms with van der Waals surface area (Å²) in [4.78, 5) is 10.1. The monoisotopic (exact) mass is 273 g/mol. The maximum Gasteiger partial charge on any atom is 0.0547 e. The van der Waals surface area contributed by atoms with Gasteiger partial charge in [0.05, 0.1) is 5.69 Å². The number of hydrogen-bond donors (Lipinski definition) is 0. The molecule has 2 aliphatic heterocycles. The van der Waals surface area contributed by atoms with Gasteiger partial charge in [0.15, 0.2) is 0 Å². The van der Waals surface area contributed by atoms with Crippen LogP contribution in [0, 0.1) is 12.8 Å². The Morgan fingerprint density at radius 2 is 2.15 bits per heavy atom. The molecule has 2 unspecified atom stereocenters. The number of fused-ring (bicyclic) bond motifs is 1. The van der Waals surface area contributed by atoms with Crippen molar-refractivity contribution in [3.8, 4) is 0 Å². The van der Waals surface area contributed by atoms with Crippen molar-refractivity contribution in [1.29, 1.82) is 0 Å². The van der Waals surface area contributed by atoms with E-state index in [-0.39, 0.29) is 0 Å². The van der Waals surface area contributed by atoms with E-state index in [1.807, 2.05) is 0 Å². The zero-order valence-electron chi connectivity index (χ0n) is 13.0. The highest BCUT2D eigenvalue weighted by Gasteiger charge is 2.37. The first-order valence-electron chi connectivity index (χ1n) is 8.04. The molecule has 0 radical (unpaired) electrons. The lowest BCUT2D eigenvalue weighted by atomic mass is 9.97. The largest absolute Gasteiger partial charge is 0.298 e. The SMILES string of the molecule is Cc1cccc(CN2CC3CCCN3CC2C(C)C)n1. The van der Waals surface area contributed by atoms with Crippen LogP contribution in [-0.4, -0.2) is 46.5 Å². The van der Waals surface area contributed by atoms with Crippen molar-refractivity contribution in [3.63, 3.8) is 0 Å². The summed E-state index contributed by atoms with van der Waals surface area (Å²) in [6.45, 7) is 11.6. The molecule has 20 heavy (non-hydrogen) atoms. The predicted octanol–water partition coefficient (Wildman–Crippen LogP) is 2.69. The van der Waals surface area contributed by atoms with Gasteiger partial charge in [-0.25, -0.2) is 0 Å². The fourth-order valence-electron chi connectivity index (χ4n) is 3.81. The second-order valence-electron chi connectivity index (χ2n) is 6.80. The van der Waals surface area contributed by atoms with E-state index in [9.17, 15) is 0 Å². The molecule has 0 aromatic carbocycles. The van der Waals surface area contributed by atoms with E-state index in [1.165, 1.54) is 38.2 Å². The Morgan fingerprint density at radius 1 is 1.30 bits per heavy atom. The van der Waals surface area contributed by atoms with Crippen molar-refractivity contribution in [2.24, 2.45) is 5.92 Å². The second-order valence-corrected chi connectivity index (χ2v) is 6.80. The summed E-state index contributed by atoms with van der Waals surface area (Å²) in [5.41, 5.74) is 2.35. The van der Waals surface area contributed by atoms with Crippen LogP contribution in [0.5, 0.6) is 0 Å². The minimum Gasteiger partial charge on any atom is -0.298 e. The third kappa shape index (κ3) is 2.89. The van der Waals surface area contributed by atoms with Gasteiger partial charge in [-0.1, -0.05) is 19.9 Å². The van der Waals surface area contributed by atoms with Crippen LogP contribution in [0.4, 0.5) is 0 Å². The van der Waals surface area contributed by atoms with E-state index >= 15 is 0 Å². The van der Waals surface area contributed by atoms with E-state index in [2.05, 4.69) is 48.8 Å². The van der Waals surface area contributed by atoms with Crippen LogP contribution < -0.4 is 0 Å². The zero-order chi connectivity index (χ0) is 14.1. The fourth-order valence-corrected chi connectivity index (χ4v) is 3.81. The standard InChI is InChI=1S/C17H27N3/c1-13(2)17-12-19-9-5-8-16(19)11-20(17)10-15-7-4-6-14(3)18-15/h4,6-7,13,16-17H,5,8-12H2,1-3H3. The highest BCUT2D eigenvalue weighted by Crippen LogP contribution is 2.28. The topological polar surface area (TPSA) is 19.4 Å². The number of pyridine rings is 1.